The second-order valence-corrected chi connectivity index (χ2v) is 3.97. The minimum absolute atomic E-state index is 0.211. The maximum atomic E-state index is 4.40. The molecule has 2 rings (SSSR count). The predicted octanol–water partition coefficient (Wildman–Crippen LogP) is 1.79. The lowest BCUT2D eigenvalue weighted by Crippen LogP contribution is -2.17. The number of aryl methyl sites for hydroxylation is 1. The number of hydrogen-bond donors (Lipinski definition) is 1. The molecule has 0 saturated heterocycles. The molecule has 3 nitrogen and oxygen atoms in total. The van der Waals surface area contributed by atoms with Gasteiger partial charge in [0.15, 0.2) is 0 Å². The first-order valence-corrected chi connectivity index (χ1v) is 5.44. The van der Waals surface area contributed by atoms with Crippen LogP contribution in [-0.4, -0.2) is 16.8 Å². The SMILES string of the molecule is CNC(c1ccsc1)c1ccn(C)n1. The van der Waals surface area contributed by atoms with Gasteiger partial charge in [0, 0.05) is 13.2 Å². The van der Waals surface area contributed by atoms with E-state index in [0.717, 1.165) is 5.69 Å². The van der Waals surface area contributed by atoms with Gasteiger partial charge in [-0.2, -0.15) is 16.4 Å². The van der Waals surface area contributed by atoms with Crippen molar-refractivity contribution < 1.29 is 0 Å². The smallest absolute Gasteiger partial charge is 0.0839 e. The number of rotatable bonds is 3. The molecule has 0 aliphatic rings. The third kappa shape index (κ3) is 1.71. The standard InChI is InChI=1S/C10H13N3S/c1-11-10(8-4-6-14-7-8)9-3-5-13(2)12-9/h3-7,10-11H,1-2H3. The first kappa shape index (κ1) is 9.43. The van der Waals surface area contributed by atoms with Crippen LogP contribution in [0.1, 0.15) is 17.3 Å². The molecule has 0 fully saturated rings. The van der Waals surface area contributed by atoms with E-state index in [1.54, 1.807) is 11.3 Å². The molecule has 1 N–H and O–H groups in total. The van der Waals surface area contributed by atoms with E-state index in [0.29, 0.717) is 0 Å². The Balaban J connectivity index is 2.31. The highest BCUT2D eigenvalue weighted by Crippen LogP contribution is 2.21. The summed E-state index contributed by atoms with van der Waals surface area (Å²) in [6.45, 7) is 0. The molecule has 1 atom stereocenters. The second-order valence-electron chi connectivity index (χ2n) is 3.19. The first-order valence-electron chi connectivity index (χ1n) is 4.50. The van der Waals surface area contributed by atoms with Crippen molar-refractivity contribution in [2.75, 3.05) is 7.05 Å². The van der Waals surface area contributed by atoms with Crippen LogP contribution >= 0.6 is 11.3 Å². The lowest BCUT2D eigenvalue weighted by molar-refractivity contribution is 0.643. The number of aromatic nitrogens is 2. The molecule has 0 bridgehead atoms. The molecule has 0 aliphatic heterocycles. The number of nitrogens with one attached hydrogen (secondary N) is 1. The zero-order chi connectivity index (χ0) is 9.97. The Morgan fingerprint density at radius 2 is 2.36 bits per heavy atom. The van der Waals surface area contributed by atoms with Gasteiger partial charge in [-0.1, -0.05) is 0 Å². The van der Waals surface area contributed by atoms with Crippen molar-refractivity contribution >= 4 is 11.3 Å². The van der Waals surface area contributed by atoms with Crippen LogP contribution in [0.15, 0.2) is 29.1 Å². The van der Waals surface area contributed by atoms with E-state index in [9.17, 15) is 0 Å². The van der Waals surface area contributed by atoms with E-state index >= 15 is 0 Å². The number of hydrogen-bond acceptors (Lipinski definition) is 3. The fraction of sp³-hybridized carbons (Fsp3) is 0.300. The second kappa shape index (κ2) is 3.94. The van der Waals surface area contributed by atoms with E-state index in [2.05, 4.69) is 27.2 Å². The van der Waals surface area contributed by atoms with Crippen LogP contribution in [0.5, 0.6) is 0 Å². The molecular formula is C10H13N3S. The zero-order valence-electron chi connectivity index (χ0n) is 8.27. The zero-order valence-corrected chi connectivity index (χ0v) is 9.08. The Labute approximate surface area is 87.4 Å². The summed E-state index contributed by atoms with van der Waals surface area (Å²) in [6.07, 6.45) is 1.96. The van der Waals surface area contributed by atoms with Gasteiger partial charge < -0.3 is 5.32 Å². The molecule has 0 radical (unpaired) electrons. The summed E-state index contributed by atoms with van der Waals surface area (Å²) >= 11 is 1.71. The van der Waals surface area contributed by atoms with Crippen molar-refractivity contribution in [2.45, 2.75) is 6.04 Å². The van der Waals surface area contributed by atoms with Crippen molar-refractivity contribution in [1.82, 2.24) is 15.1 Å². The highest BCUT2D eigenvalue weighted by Gasteiger charge is 2.14. The van der Waals surface area contributed by atoms with Crippen LogP contribution in [0.25, 0.3) is 0 Å². The largest absolute Gasteiger partial charge is 0.308 e. The van der Waals surface area contributed by atoms with Gasteiger partial charge in [-0.3, -0.25) is 4.68 Å². The van der Waals surface area contributed by atoms with Gasteiger partial charge in [0.1, 0.15) is 0 Å². The molecule has 1 unspecified atom stereocenters. The van der Waals surface area contributed by atoms with Crippen LogP contribution in [0.4, 0.5) is 0 Å². The molecule has 2 aromatic rings. The van der Waals surface area contributed by atoms with Crippen LogP contribution in [0, 0.1) is 0 Å². The highest BCUT2D eigenvalue weighted by molar-refractivity contribution is 7.08. The summed E-state index contributed by atoms with van der Waals surface area (Å²) in [5.41, 5.74) is 2.34. The Kier molecular flexibility index (Phi) is 2.65. The van der Waals surface area contributed by atoms with Gasteiger partial charge in [0.05, 0.1) is 11.7 Å². The Bertz CT molecular complexity index is 391. The van der Waals surface area contributed by atoms with Crippen molar-refractivity contribution in [3.63, 3.8) is 0 Å². The minimum atomic E-state index is 0.211. The van der Waals surface area contributed by atoms with Crippen LogP contribution in [0.3, 0.4) is 0 Å². The molecule has 4 heteroatoms. The van der Waals surface area contributed by atoms with E-state index < -0.39 is 0 Å². The van der Waals surface area contributed by atoms with E-state index in [1.165, 1.54) is 5.56 Å². The Morgan fingerprint density at radius 1 is 1.50 bits per heavy atom. The summed E-state index contributed by atoms with van der Waals surface area (Å²) in [4.78, 5) is 0. The maximum absolute atomic E-state index is 4.40. The van der Waals surface area contributed by atoms with Crippen LogP contribution in [0.2, 0.25) is 0 Å². The predicted molar refractivity (Wildman–Crippen MR) is 58.4 cm³/mol. The molecule has 0 spiro atoms. The van der Waals surface area contributed by atoms with Gasteiger partial charge in [-0.15, -0.1) is 0 Å². The summed E-state index contributed by atoms with van der Waals surface area (Å²) < 4.78 is 1.83. The average molecular weight is 207 g/mol. The lowest BCUT2D eigenvalue weighted by atomic mass is 10.1. The summed E-state index contributed by atoms with van der Waals surface area (Å²) in [5, 5.41) is 11.9. The molecule has 0 amide bonds. The van der Waals surface area contributed by atoms with Gasteiger partial charge in [-0.25, -0.2) is 0 Å². The van der Waals surface area contributed by atoms with Crippen LogP contribution in [-0.2, 0) is 7.05 Å². The summed E-state index contributed by atoms with van der Waals surface area (Å²) in [7, 11) is 3.89. The van der Waals surface area contributed by atoms with Crippen molar-refractivity contribution in [2.24, 2.45) is 7.05 Å². The maximum Gasteiger partial charge on any atom is 0.0839 e. The van der Waals surface area contributed by atoms with E-state index in [-0.39, 0.29) is 6.04 Å². The Hall–Kier alpha value is -1.13. The van der Waals surface area contributed by atoms with Gasteiger partial charge in [0.25, 0.3) is 0 Å². The number of thiophene rings is 1. The topological polar surface area (TPSA) is 29.9 Å². The monoisotopic (exact) mass is 207 g/mol. The van der Waals surface area contributed by atoms with Crippen molar-refractivity contribution in [1.29, 1.82) is 0 Å². The summed E-state index contributed by atoms with van der Waals surface area (Å²) in [5.74, 6) is 0. The Morgan fingerprint density at radius 3 is 2.86 bits per heavy atom. The molecule has 0 aromatic carbocycles. The third-order valence-corrected chi connectivity index (χ3v) is 2.90. The fourth-order valence-electron chi connectivity index (χ4n) is 1.51. The average Bonchev–Trinajstić information content (AvgIpc) is 2.79. The van der Waals surface area contributed by atoms with Gasteiger partial charge >= 0.3 is 0 Å². The molecule has 14 heavy (non-hydrogen) atoms. The normalized spacial score (nSPS) is 13.0. The molecule has 0 aliphatic carbocycles. The van der Waals surface area contributed by atoms with E-state index in [1.807, 2.05) is 31.0 Å². The van der Waals surface area contributed by atoms with Gasteiger partial charge in [-0.05, 0) is 35.5 Å². The molecule has 0 saturated carbocycles. The lowest BCUT2D eigenvalue weighted by Gasteiger charge is -2.11. The first-order chi connectivity index (χ1) is 6.81. The van der Waals surface area contributed by atoms with Crippen molar-refractivity contribution in [3.05, 3.63) is 40.3 Å². The molecule has 2 aromatic heterocycles. The third-order valence-electron chi connectivity index (χ3n) is 2.20. The number of nitrogens with zero attached hydrogens (tertiary/aromatic N) is 2. The molecule has 74 valence electrons. The molecular weight excluding hydrogens is 194 g/mol. The van der Waals surface area contributed by atoms with Crippen molar-refractivity contribution in [3.8, 4) is 0 Å². The van der Waals surface area contributed by atoms with E-state index in [4.69, 9.17) is 0 Å². The minimum Gasteiger partial charge on any atom is -0.308 e. The highest BCUT2D eigenvalue weighted by atomic mass is 32.1. The summed E-state index contributed by atoms with van der Waals surface area (Å²) in [6, 6.07) is 4.38. The van der Waals surface area contributed by atoms with Crippen LogP contribution < -0.4 is 5.32 Å². The quantitative estimate of drug-likeness (QED) is 0.831. The molecule has 2 heterocycles. The fourth-order valence-corrected chi connectivity index (χ4v) is 2.20. The van der Waals surface area contributed by atoms with Gasteiger partial charge in [0.2, 0.25) is 0 Å².